The van der Waals surface area contributed by atoms with Gasteiger partial charge in [0.25, 0.3) is 0 Å². The second-order valence-corrected chi connectivity index (χ2v) is 2.08. The molecule has 0 aromatic carbocycles. The van der Waals surface area contributed by atoms with E-state index in [0.29, 0.717) is 6.04 Å². The monoisotopic (exact) mass is 116 g/mol. The van der Waals surface area contributed by atoms with E-state index in [9.17, 15) is 0 Å². The van der Waals surface area contributed by atoms with Crippen molar-refractivity contribution in [2.75, 3.05) is 13.2 Å². The van der Waals surface area contributed by atoms with E-state index < -0.39 is 0 Å². The highest BCUT2D eigenvalue weighted by molar-refractivity contribution is 4.65. The van der Waals surface area contributed by atoms with Crippen LogP contribution in [0.4, 0.5) is 0 Å². The number of rotatable bonds is 1. The van der Waals surface area contributed by atoms with Gasteiger partial charge in [0.15, 0.2) is 0 Å². The molecule has 0 radical (unpaired) electrons. The summed E-state index contributed by atoms with van der Waals surface area (Å²) in [6.07, 6.45) is 2.28. The Hall–Kier alpha value is -0.120. The van der Waals surface area contributed by atoms with Crippen molar-refractivity contribution in [2.24, 2.45) is 5.84 Å². The molecule has 3 N–H and O–H groups in total. The molecule has 1 aliphatic heterocycles. The van der Waals surface area contributed by atoms with Crippen molar-refractivity contribution in [1.29, 1.82) is 0 Å². The fourth-order valence-electron chi connectivity index (χ4n) is 0.872. The number of hydrazine groups is 1. The Bertz CT molecular complexity index is 61.4. The zero-order valence-electron chi connectivity index (χ0n) is 4.89. The van der Waals surface area contributed by atoms with Crippen LogP contribution in [0, 0.1) is 0 Å². The van der Waals surface area contributed by atoms with Crippen molar-refractivity contribution >= 4 is 0 Å². The highest BCUT2D eigenvalue weighted by atomic mass is 16.5. The van der Waals surface area contributed by atoms with Crippen LogP contribution in [-0.4, -0.2) is 19.3 Å². The van der Waals surface area contributed by atoms with Gasteiger partial charge in [0.2, 0.25) is 0 Å². The lowest BCUT2D eigenvalue weighted by molar-refractivity contribution is 0.0706. The fraction of sp³-hybridized carbons (Fsp3) is 1.00. The Morgan fingerprint density at radius 3 is 2.88 bits per heavy atom. The van der Waals surface area contributed by atoms with Gasteiger partial charge in [-0.1, -0.05) is 0 Å². The van der Waals surface area contributed by atoms with Crippen LogP contribution in [0.1, 0.15) is 12.8 Å². The standard InChI is InChI=1S/C5H12N2O/c6-7-5-2-1-3-8-4-5/h5,7H,1-4,6H2. The molecule has 1 saturated heterocycles. The second-order valence-electron chi connectivity index (χ2n) is 2.08. The Kier molecular flexibility index (Phi) is 2.27. The fourth-order valence-corrected chi connectivity index (χ4v) is 0.872. The highest BCUT2D eigenvalue weighted by Crippen LogP contribution is 2.03. The first kappa shape index (κ1) is 6.01. The summed E-state index contributed by atoms with van der Waals surface area (Å²) in [6, 6.07) is 0.392. The first-order valence-corrected chi connectivity index (χ1v) is 2.97. The molecule has 8 heavy (non-hydrogen) atoms. The summed E-state index contributed by atoms with van der Waals surface area (Å²) in [5.74, 6) is 5.17. The Labute approximate surface area is 49.2 Å². The Balaban J connectivity index is 2.13. The third kappa shape index (κ3) is 1.43. The van der Waals surface area contributed by atoms with Crippen molar-refractivity contribution in [3.8, 4) is 0 Å². The molecule has 48 valence electrons. The number of ether oxygens (including phenoxy) is 1. The van der Waals surface area contributed by atoms with E-state index in [4.69, 9.17) is 10.6 Å². The second kappa shape index (κ2) is 3.02. The molecule has 0 spiro atoms. The van der Waals surface area contributed by atoms with Crippen molar-refractivity contribution in [1.82, 2.24) is 5.43 Å². The summed E-state index contributed by atoms with van der Waals surface area (Å²) in [4.78, 5) is 0. The molecular weight excluding hydrogens is 104 g/mol. The zero-order valence-corrected chi connectivity index (χ0v) is 4.89. The van der Waals surface area contributed by atoms with Gasteiger partial charge in [0.1, 0.15) is 0 Å². The van der Waals surface area contributed by atoms with Crippen molar-refractivity contribution in [3.05, 3.63) is 0 Å². The highest BCUT2D eigenvalue weighted by Gasteiger charge is 2.10. The maximum Gasteiger partial charge on any atom is 0.0633 e. The minimum absolute atomic E-state index is 0.392. The minimum Gasteiger partial charge on any atom is -0.380 e. The summed E-state index contributed by atoms with van der Waals surface area (Å²) in [6.45, 7) is 1.68. The summed E-state index contributed by atoms with van der Waals surface area (Å²) < 4.78 is 5.13. The Morgan fingerprint density at radius 2 is 2.50 bits per heavy atom. The lowest BCUT2D eigenvalue weighted by Gasteiger charge is -2.20. The van der Waals surface area contributed by atoms with E-state index >= 15 is 0 Å². The average molecular weight is 116 g/mol. The normalized spacial score (nSPS) is 30.4. The van der Waals surface area contributed by atoms with Gasteiger partial charge in [-0.3, -0.25) is 11.3 Å². The first-order valence-electron chi connectivity index (χ1n) is 2.97. The van der Waals surface area contributed by atoms with Crippen molar-refractivity contribution in [3.63, 3.8) is 0 Å². The van der Waals surface area contributed by atoms with Gasteiger partial charge in [-0.2, -0.15) is 0 Å². The quantitative estimate of drug-likeness (QED) is 0.363. The predicted molar refractivity (Wildman–Crippen MR) is 31.2 cm³/mol. The van der Waals surface area contributed by atoms with E-state index in [2.05, 4.69) is 5.43 Å². The summed E-state index contributed by atoms with van der Waals surface area (Å²) >= 11 is 0. The van der Waals surface area contributed by atoms with E-state index in [-0.39, 0.29) is 0 Å². The summed E-state index contributed by atoms with van der Waals surface area (Å²) in [5.41, 5.74) is 2.68. The molecular formula is C5H12N2O. The molecule has 1 aliphatic rings. The molecule has 1 heterocycles. The molecule has 0 saturated carbocycles. The third-order valence-corrected chi connectivity index (χ3v) is 1.40. The van der Waals surface area contributed by atoms with Crippen LogP contribution < -0.4 is 11.3 Å². The van der Waals surface area contributed by atoms with E-state index in [1.54, 1.807) is 0 Å². The van der Waals surface area contributed by atoms with Gasteiger partial charge >= 0.3 is 0 Å². The molecule has 3 heteroatoms. The lowest BCUT2D eigenvalue weighted by atomic mass is 10.1. The number of nitrogens with one attached hydrogen (secondary N) is 1. The minimum atomic E-state index is 0.392. The Morgan fingerprint density at radius 1 is 1.62 bits per heavy atom. The lowest BCUT2D eigenvalue weighted by Crippen LogP contribution is -2.40. The predicted octanol–water partition coefficient (Wildman–Crippen LogP) is -0.371. The molecule has 0 aromatic rings. The third-order valence-electron chi connectivity index (χ3n) is 1.40. The smallest absolute Gasteiger partial charge is 0.0633 e. The van der Waals surface area contributed by atoms with Crippen LogP contribution in [0.2, 0.25) is 0 Å². The molecule has 0 aromatic heterocycles. The zero-order chi connectivity index (χ0) is 5.82. The molecule has 0 aliphatic carbocycles. The van der Waals surface area contributed by atoms with Crippen LogP contribution in [0.15, 0.2) is 0 Å². The van der Waals surface area contributed by atoms with Gasteiger partial charge in [-0.05, 0) is 12.8 Å². The number of hydrogen-bond donors (Lipinski definition) is 2. The first-order chi connectivity index (χ1) is 3.93. The van der Waals surface area contributed by atoms with Crippen LogP contribution in [0.3, 0.4) is 0 Å². The van der Waals surface area contributed by atoms with Gasteiger partial charge in [-0.15, -0.1) is 0 Å². The van der Waals surface area contributed by atoms with Crippen LogP contribution in [0.25, 0.3) is 0 Å². The average Bonchev–Trinajstić information content (AvgIpc) is 1.90. The van der Waals surface area contributed by atoms with Gasteiger partial charge < -0.3 is 4.74 Å². The maximum atomic E-state index is 5.17. The molecule has 0 bridgehead atoms. The van der Waals surface area contributed by atoms with Crippen LogP contribution in [-0.2, 0) is 4.74 Å². The van der Waals surface area contributed by atoms with E-state index in [0.717, 1.165) is 26.1 Å². The molecule has 0 amide bonds. The van der Waals surface area contributed by atoms with Gasteiger partial charge in [0.05, 0.1) is 6.61 Å². The van der Waals surface area contributed by atoms with Crippen molar-refractivity contribution < 1.29 is 4.74 Å². The van der Waals surface area contributed by atoms with Crippen LogP contribution in [0.5, 0.6) is 0 Å². The van der Waals surface area contributed by atoms with Gasteiger partial charge in [-0.25, -0.2) is 0 Å². The van der Waals surface area contributed by atoms with E-state index in [1.807, 2.05) is 0 Å². The maximum absolute atomic E-state index is 5.17. The van der Waals surface area contributed by atoms with E-state index in [1.165, 1.54) is 0 Å². The van der Waals surface area contributed by atoms with Gasteiger partial charge in [0, 0.05) is 12.6 Å². The molecule has 1 fully saturated rings. The number of hydrogen-bond acceptors (Lipinski definition) is 3. The van der Waals surface area contributed by atoms with Crippen LogP contribution >= 0.6 is 0 Å². The van der Waals surface area contributed by atoms with Crippen molar-refractivity contribution in [2.45, 2.75) is 18.9 Å². The molecule has 3 nitrogen and oxygen atoms in total. The topological polar surface area (TPSA) is 47.3 Å². The largest absolute Gasteiger partial charge is 0.380 e. The number of nitrogens with two attached hydrogens (primary N) is 1. The summed E-state index contributed by atoms with van der Waals surface area (Å²) in [5, 5.41) is 0. The SMILES string of the molecule is NNC1CCCOC1. The summed E-state index contributed by atoms with van der Waals surface area (Å²) in [7, 11) is 0. The molecule has 1 atom stereocenters. The molecule has 1 rings (SSSR count). The molecule has 1 unspecified atom stereocenters.